The summed E-state index contributed by atoms with van der Waals surface area (Å²) in [6.45, 7) is -2.48. The molecule has 0 fully saturated rings. The summed E-state index contributed by atoms with van der Waals surface area (Å²) in [6.07, 6.45) is -0.540. The van der Waals surface area contributed by atoms with Crippen molar-refractivity contribution in [1.29, 1.82) is 0 Å². The van der Waals surface area contributed by atoms with Gasteiger partial charge in [-0.2, -0.15) is 0 Å². The smallest absolute Gasteiger partial charge is 0.105 e. The molecule has 0 bridgehead atoms. The molecule has 66 valence electrons. The van der Waals surface area contributed by atoms with Gasteiger partial charge in [0.1, 0.15) is 1.37 Å². The van der Waals surface area contributed by atoms with Gasteiger partial charge in [-0.15, -0.1) is 0 Å². The van der Waals surface area contributed by atoms with Gasteiger partial charge in [-0.1, -0.05) is 22.0 Å². The molecule has 2 nitrogen and oxygen atoms in total. The summed E-state index contributed by atoms with van der Waals surface area (Å²) in [5.41, 5.74) is 0.176. The summed E-state index contributed by atoms with van der Waals surface area (Å²) in [4.78, 5) is 3.65. The van der Waals surface area contributed by atoms with E-state index in [4.69, 9.17) is 6.85 Å². The van der Waals surface area contributed by atoms with E-state index in [9.17, 15) is 0 Å². The highest BCUT2D eigenvalue weighted by Gasteiger charge is 1.96. The van der Waals surface area contributed by atoms with Crippen molar-refractivity contribution in [3.05, 3.63) is 46.9 Å². The first-order valence-corrected chi connectivity index (χ1v) is 4.42. The van der Waals surface area contributed by atoms with Crippen LogP contribution in [0.15, 0.2) is 41.2 Å². The third-order valence-corrected chi connectivity index (χ3v) is 2.04. The molecule has 0 N–H and O–H groups in total. The first kappa shape index (κ1) is 4.42. The first-order chi connectivity index (χ1) is 8.30. The lowest BCUT2D eigenvalue weighted by molar-refractivity contribution is 1.06. The molecular formula is C10H9BrN2. The summed E-state index contributed by atoms with van der Waals surface area (Å²) in [5, 5.41) is 0. The quantitative estimate of drug-likeness (QED) is 0.751. The molecule has 13 heavy (non-hydrogen) atoms. The van der Waals surface area contributed by atoms with Gasteiger partial charge in [0.2, 0.25) is 0 Å². The number of nitrogens with zero attached hydrogens (tertiary/aromatic N) is 2. The van der Waals surface area contributed by atoms with Crippen LogP contribution >= 0.6 is 15.9 Å². The molecule has 0 aliphatic rings. The highest BCUT2D eigenvalue weighted by Crippen LogP contribution is 2.15. The minimum Gasteiger partial charge on any atom is -0.306 e. The third kappa shape index (κ3) is 1.80. The van der Waals surface area contributed by atoms with Crippen LogP contribution in [0.1, 0.15) is 12.5 Å². The Kier molecular flexibility index (Phi) is 1.14. The van der Waals surface area contributed by atoms with Gasteiger partial charge in [0.15, 0.2) is 0 Å². The van der Waals surface area contributed by atoms with Crippen LogP contribution in [0.4, 0.5) is 0 Å². The molecular weight excluding hydrogens is 228 g/mol. The molecule has 0 radical (unpaired) electrons. The predicted molar refractivity (Wildman–Crippen MR) is 56.0 cm³/mol. The summed E-state index contributed by atoms with van der Waals surface area (Å²) in [7, 11) is 0. The van der Waals surface area contributed by atoms with Gasteiger partial charge in [-0.05, 0) is 25.1 Å². The van der Waals surface area contributed by atoms with E-state index < -0.39 is 6.85 Å². The molecule has 0 aliphatic carbocycles. The number of aromatic nitrogens is 2. The number of aryl methyl sites for hydroxylation is 1. The molecule has 0 saturated heterocycles. The minimum absolute atomic E-state index is 0.260. The summed E-state index contributed by atoms with van der Waals surface area (Å²) < 4.78 is 39.3. The van der Waals surface area contributed by atoms with Crippen molar-refractivity contribution in [2.24, 2.45) is 0 Å². The molecule has 1 aromatic carbocycles. The molecule has 0 unspecified atom stereocenters. The Morgan fingerprint density at radius 1 is 1.62 bits per heavy atom. The molecule has 0 amide bonds. The van der Waals surface area contributed by atoms with Crippen molar-refractivity contribution in [2.45, 2.75) is 6.85 Å². The van der Waals surface area contributed by atoms with E-state index in [0.29, 0.717) is 5.69 Å². The van der Waals surface area contributed by atoms with Crippen molar-refractivity contribution in [1.82, 2.24) is 9.55 Å². The Labute approximate surface area is 92.4 Å². The van der Waals surface area contributed by atoms with Crippen LogP contribution in [-0.4, -0.2) is 9.55 Å². The van der Waals surface area contributed by atoms with Crippen molar-refractivity contribution >= 4 is 15.9 Å². The van der Waals surface area contributed by atoms with Gasteiger partial charge in [-0.25, -0.2) is 4.98 Å². The Morgan fingerprint density at radius 2 is 2.54 bits per heavy atom. The van der Waals surface area contributed by atoms with Crippen molar-refractivity contribution in [3.8, 4) is 5.69 Å². The molecule has 1 aromatic heterocycles. The van der Waals surface area contributed by atoms with Crippen LogP contribution in [0.2, 0.25) is 0 Å². The van der Waals surface area contributed by atoms with Gasteiger partial charge in [0, 0.05) is 20.4 Å². The molecule has 0 atom stereocenters. The van der Waals surface area contributed by atoms with Crippen LogP contribution < -0.4 is 0 Å². The predicted octanol–water partition coefficient (Wildman–Crippen LogP) is 2.94. The average molecular weight is 242 g/mol. The number of halogens is 1. The first-order valence-electron chi connectivity index (χ1n) is 6.13. The molecule has 0 spiro atoms. The highest BCUT2D eigenvalue weighted by molar-refractivity contribution is 9.10. The molecule has 1 heterocycles. The second-order valence-corrected chi connectivity index (χ2v) is 3.40. The van der Waals surface area contributed by atoms with E-state index in [-0.39, 0.29) is 18.2 Å². The zero-order valence-electron chi connectivity index (χ0n) is 11.6. The number of hydrogen-bond donors (Lipinski definition) is 0. The standard InChI is InChI=1S/C10H9BrN2/c1-8-6-13(7-12-8)10-4-2-3-9(11)5-10/h2-7H,1H3/i1D3,6D,7D. The number of benzene rings is 1. The maximum Gasteiger partial charge on any atom is 0.105 e. The molecule has 3 heteroatoms. The summed E-state index contributed by atoms with van der Waals surface area (Å²) >= 11 is 3.29. The summed E-state index contributed by atoms with van der Waals surface area (Å²) in [6, 6.07) is 6.93. The lowest BCUT2D eigenvalue weighted by Gasteiger charge is -2.00. The minimum atomic E-state index is -2.48. The molecule has 0 saturated carbocycles. The second kappa shape index (κ2) is 3.34. The van der Waals surface area contributed by atoms with E-state index in [1.54, 1.807) is 24.3 Å². The van der Waals surface area contributed by atoms with Crippen LogP contribution in [0.5, 0.6) is 0 Å². The molecule has 2 rings (SSSR count). The van der Waals surface area contributed by atoms with Gasteiger partial charge in [0.25, 0.3) is 0 Å². The van der Waals surface area contributed by atoms with Crippen LogP contribution in [-0.2, 0) is 0 Å². The van der Waals surface area contributed by atoms with Crippen molar-refractivity contribution in [3.63, 3.8) is 0 Å². The monoisotopic (exact) mass is 241 g/mol. The SMILES string of the molecule is [2H]c1nc(C([2H])([2H])[2H])c([2H])n1-c1cccc(Br)c1. The third-order valence-electron chi connectivity index (χ3n) is 1.55. The van der Waals surface area contributed by atoms with Crippen molar-refractivity contribution < 1.29 is 6.85 Å². The fraction of sp³-hybridized carbons (Fsp3) is 0.100. The van der Waals surface area contributed by atoms with E-state index in [1.807, 2.05) is 0 Å². The highest BCUT2D eigenvalue weighted by atomic mass is 79.9. The number of hydrogen-bond acceptors (Lipinski definition) is 1. The van der Waals surface area contributed by atoms with Gasteiger partial charge < -0.3 is 4.57 Å². The van der Waals surface area contributed by atoms with Crippen LogP contribution in [0, 0.1) is 6.85 Å². The van der Waals surface area contributed by atoms with Gasteiger partial charge in [0.05, 0.1) is 13.4 Å². The lowest BCUT2D eigenvalue weighted by atomic mass is 10.3. The Bertz CT molecular complexity index is 590. The Balaban J connectivity index is 2.63. The van der Waals surface area contributed by atoms with Crippen molar-refractivity contribution in [2.75, 3.05) is 0 Å². The number of imidazole rings is 1. The average Bonchev–Trinajstić information content (AvgIpc) is 2.54. The second-order valence-electron chi connectivity index (χ2n) is 2.49. The fourth-order valence-corrected chi connectivity index (χ4v) is 1.38. The number of rotatable bonds is 1. The van der Waals surface area contributed by atoms with E-state index in [1.165, 1.54) is 4.57 Å². The van der Waals surface area contributed by atoms with Gasteiger partial charge >= 0.3 is 0 Å². The maximum absolute atomic E-state index is 7.84. The zero-order valence-corrected chi connectivity index (χ0v) is 8.17. The largest absolute Gasteiger partial charge is 0.306 e. The van der Waals surface area contributed by atoms with Crippen LogP contribution in [0.25, 0.3) is 5.69 Å². The summed E-state index contributed by atoms with van der Waals surface area (Å²) in [5.74, 6) is 0. The topological polar surface area (TPSA) is 17.8 Å². The Morgan fingerprint density at radius 3 is 3.23 bits per heavy atom. The fourth-order valence-electron chi connectivity index (χ4n) is 0.993. The normalized spacial score (nSPS) is 16.8. The van der Waals surface area contributed by atoms with Gasteiger partial charge in [-0.3, -0.25) is 0 Å². The van der Waals surface area contributed by atoms with Crippen LogP contribution in [0.3, 0.4) is 0 Å². The zero-order chi connectivity index (χ0) is 13.5. The maximum atomic E-state index is 7.84. The molecule has 2 aromatic rings. The Hall–Kier alpha value is -1.09. The van der Waals surface area contributed by atoms with E-state index in [2.05, 4.69) is 20.9 Å². The lowest BCUT2D eigenvalue weighted by Crippen LogP contribution is -1.88. The van der Waals surface area contributed by atoms with E-state index >= 15 is 0 Å². The van der Waals surface area contributed by atoms with E-state index in [0.717, 1.165) is 4.47 Å². The molecule has 0 aliphatic heterocycles.